The highest BCUT2D eigenvalue weighted by Gasteiger charge is 2.16. The highest BCUT2D eigenvalue weighted by molar-refractivity contribution is 6.09. The lowest BCUT2D eigenvalue weighted by Crippen LogP contribution is -2.30. The summed E-state index contributed by atoms with van der Waals surface area (Å²) in [6, 6.07) is 14.2. The number of amides is 2. The number of guanidine groups is 1. The van der Waals surface area contributed by atoms with Crippen molar-refractivity contribution in [2.45, 2.75) is 32.2 Å². The van der Waals surface area contributed by atoms with Crippen LogP contribution >= 0.6 is 0 Å². The predicted octanol–water partition coefficient (Wildman–Crippen LogP) is 2.65. The number of nitrogens with one attached hydrogen (secondary N) is 3. The molecule has 0 fully saturated rings. The van der Waals surface area contributed by atoms with Gasteiger partial charge in [-0.25, -0.2) is 4.99 Å². The lowest BCUT2D eigenvalue weighted by atomic mass is 9.94. The molecule has 0 saturated heterocycles. The number of carboxylic acids is 1. The maximum Gasteiger partial charge on any atom is 0.303 e. The summed E-state index contributed by atoms with van der Waals surface area (Å²) >= 11 is 0. The third-order valence-electron chi connectivity index (χ3n) is 4.83. The standard InChI is InChI=1S/C22H24N4O4/c1-13(9-20(28)29)15-5-3-6-16(10-15)14(2)24-21(30)17-7-4-8-18(11-17)25-22-23-12-19(27)26-22/h3-8,10-11,13-14H,9,12H2,1-2H3,(H,24,30)(H,28,29)(H2,23,25,26,27). The largest absolute Gasteiger partial charge is 0.481 e. The van der Waals surface area contributed by atoms with Crippen LogP contribution in [0.1, 0.15) is 53.7 Å². The van der Waals surface area contributed by atoms with Gasteiger partial charge in [-0.05, 0) is 42.2 Å². The number of aliphatic imine (C=N–C) groups is 1. The SMILES string of the molecule is CC(CC(=O)O)c1cccc(C(C)NC(=O)c2cccc(NC3=NCC(=O)N3)c2)c1. The first-order chi connectivity index (χ1) is 14.3. The van der Waals surface area contributed by atoms with Crippen LogP contribution in [0.25, 0.3) is 0 Å². The summed E-state index contributed by atoms with van der Waals surface area (Å²) in [7, 11) is 0. The van der Waals surface area contributed by atoms with Crippen molar-refractivity contribution in [1.29, 1.82) is 0 Å². The lowest BCUT2D eigenvalue weighted by molar-refractivity contribution is -0.137. The minimum absolute atomic E-state index is 0.0513. The lowest BCUT2D eigenvalue weighted by Gasteiger charge is -2.17. The Morgan fingerprint density at radius 1 is 1.13 bits per heavy atom. The van der Waals surface area contributed by atoms with Crippen LogP contribution < -0.4 is 16.0 Å². The van der Waals surface area contributed by atoms with Crippen molar-refractivity contribution < 1.29 is 19.5 Å². The van der Waals surface area contributed by atoms with Gasteiger partial charge in [0.1, 0.15) is 6.54 Å². The average molecular weight is 408 g/mol. The zero-order valence-corrected chi connectivity index (χ0v) is 16.8. The van der Waals surface area contributed by atoms with Gasteiger partial charge in [0.05, 0.1) is 12.5 Å². The molecule has 2 atom stereocenters. The van der Waals surface area contributed by atoms with Gasteiger partial charge in [0.15, 0.2) is 0 Å². The fraction of sp³-hybridized carbons (Fsp3) is 0.273. The molecule has 156 valence electrons. The van der Waals surface area contributed by atoms with Gasteiger partial charge < -0.3 is 15.7 Å². The van der Waals surface area contributed by atoms with E-state index in [1.807, 2.05) is 38.1 Å². The molecule has 1 aliphatic heterocycles. The van der Waals surface area contributed by atoms with Gasteiger partial charge in [0.2, 0.25) is 11.9 Å². The second-order valence-electron chi connectivity index (χ2n) is 7.28. The molecule has 30 heavy (non-hydrogen) atoms. The van der Waals surface area contributed by atoms with Crippen LogP contribution in [0.3, 0.4) is 0 Å². The molecule has 8 heteroatoms. The molecular weight excluding hydrogens is 384 g/mol. The smallest absolute Gasteiger partial charge is 0.303 e. The molecule has 8 nitrogen and oxygen atoms in total. The molecular formula is C22H24N4O4. The van der Waals surface area contributed by atoms with E-state index in [1.54, 1.807) is 24.3 Å². The molecule has 0 spiro atoms. The number of carbonyl (C=O) groups excluding carboxylic acids is 2. The maximum absolute atomic E-state index is 12.7. The Hall–Kier alpha value is -3.68. The normalized spacial score (nSPS) is 15.0. The highest BCUT2D eigenvalue weighted by atomic mass is 16.4. The summed E-state index contributed by atoms with van der Waals surface area (Å²) in [5.41, 5.74) is 2.92. The van der Waals surface area contributed by atoms with Gasteiger partial charge >= 0.3 is 5.97 Å². The Bertz CT molecular complexity index is 1000. The van der Waals surface area contributed by atoms with Crippen LogP contribution in [0.2, 0.25) is 0 Å². The number of anilines is 1. The van der Waals surface area contributed by atoms with Crippen LogP contribution in [0.4, 0.5) is 5.69 Å². The van der Waals surface area contributed by atoms with E-state index in [9.17, 15) is 14.4 Å². The molecule has 2 aromatic carbocycles. The molecule has 2 aromatic rings. The number of carbonyl (C=O) groups is 3. The zero-order valence-electron chi connectivity index (χ0n) is 16.8. The summed E-state index contributed by atoms with van der Waals surface area (Å²) in [6.45, 7) is 3.83. The molecule has 2 amide bonds. The van der Waals surface area contributed by atoms with Crippen molar-refractivity contribution in [1.82, 2.24) is 10.6 Å². The van der Waals surface area contributed by atoms with Crippen molar-refractivity contribution in [2.75, 3.05) is 11.9 Å². The van der Waals surface area contributed by atoms with Gasteiger partial charge in [-0.3, -0.25) is 19.7 Å². The quantitative estimate of drug-likeness (QED) is 0.561. The number of aliphatic carboxylic acids is 1. The van der Waals surface area contributed by atoms with Crippen molar-refractivity contribution in [3.8, 4) is 0 Å². The van der Waals surface area contributed by atoms with E-state index in [-0.39, 0.29) is 36.7 Å². The first-order valence-corrected chi connectivity index (χ1v) is 9.65. The molecule has 2 unspecified atom stereocenters. The van der Waals surface area contributed by atoms with Crippen molar-refractivity contribution in [3.05, 3.63) is 65.2 Å². The van der Waals surface area contributed by atoms with E-state index in [4.69, 9.17) is 5.11 Å². The predicted molar refractivity (Wildman–Crippen MR) is 114 cm³/mol. The Balaban J connectivity index is 1.66. The van der Waals surface area contributed by atoms with Crippen LogP contribution in [0, 0.1) is 0 Å². The second-order valence-corrected chi connectivity index (χ2v) is 7.28. The van der Waals surface area contributed by atoms with Gasteiger partial charge in [0.25, 0.3) is 5.91 Å². The van der Waals surface area contributed by atoms with E-state index in [1.165, 1.54) is 0 Å². The highest BCUT2D eigenvalue weighted by Crippen LogP contribution is 2.23. The summed E-state index contributed by atoms with van der Waals surface area (Å²) in [5, 5.41) is 17.5. The van der Waals surface area contributed by atoms with Gasteiger partial charge in [0, 0.05) is 11.3 Å². The molecule has 0 saturated carbocycles. The van der Waals surface area contributed by atoms with E-state index in [0.29, 0.717) is 17.2 Å². The number of benzene rings is 2. The Kier molecular flexibility index (Phi) is 6.46. The van der Waals surface area contributed by atoms with Gasteiger partial charge in [-0.2, -0.15) is 0 Å². The summed E-state index contributed by atoms with van der Waals surface area (Å²) in [4.78, 5) is 38.9. The van der Waals surface area contributed by atoms with Crippen LogP contribution in [0.5, 0.6) is 0 Å². The van der Waals surface area contributed by atoms with Crippen molar-refractivity contribution in [3.63, 3.8) is 0 Å². The molecule has 0 bridgehead atoms. The number of hydrogen-bond acceptors (Lipinski definition) is 5. The number of hydrogen-bond donors (Lipinski definition) is 4. The van der Waals surface area contributed by atoms with Crippen LogP contribution in [-0.4, -0.2) is 35.4 Å². The topological polar surface area (TPSA) is 120 Å². The van der Waals surface area contributed by atoms with E-state index < -0.39 is 5.97 Å². The fourth-order valence-electron chi connectivity index (χ4n) is 3.19. The maximum atomic E-state index is 12.7. The Morgan fingerprint density at radius 3 is 2.57 bits per heavy atom. The molecule has 0 aromatic heterocycles. The second kappa shape index (κ2) is 9.21. The summed E-state index contributed by atoms with van der Waals surface area (Å²) in [5.74, 6) is -1.02. The third kappa shape index (κ3) is 5.44. The minimum Gasteiger partial charge on any atom is -0.481 e. The molecule has 0 radical (unpaired) electrons. The Morgan fingerprint density at radius 2 is 1.87 bits per heavy atom. The van der Waals surface area contributed by atoms with Gasteiger partial charge in [-0.15, -0.1) is 0 Å². The van der Waals surface area contributed by atoms with Crippen molar-refractivity contribution in [2.24, 2.45) is 4.99 Å². The minimum atomic E-state index is -0.842. The first-order valence-electron chi connectivity index (χ1n) is 9.65. The van der Waals surface area contributed by atoms with E-state index >= 15 is 0 Å². The summed E-state index contributed by atoms with van der Waals surface area (Å²) < 4.78 is 0. The van der Waals surface area contributed by atoms with Gasteiger partial charge in [-0.1, -0.05) is 37.3 Å². The molecule has 1 aliphatic rings. The molecule has 3 rings (SSSR count). The monoisotopic (exact) mass is 408 g/mol. The molecule has 1 heterocycles. The van der Waals surface area contributed by atoms with Crippen molar-refractivity contribution >= 4 is 29.4 Å². The average Bonchev–Trinajstić information content (AvgIpc) is 3.12. The Labute approximate surface area is 174 Å². The first kappa shape index (κ1) is 21.0. The van der Waals surface area contributed by atoms with E-state index in [0.717, 1.165) is 11.1 Å². The number of rotatable bonds is 7. The third-order valence-corrected chi connectivity index (χ3v) is 4.83. The van der Waals surface area contributed by atoms with Crippen LogP contribution in [0.15, 0.2) is 53.5 Å². The molecule has 0 aliphatic carbocycles. The summed E-state index contributed by atoms with van der Waals surface area (Å²) in [6.07, 6.45) is 0.0513. The number of carboxylic acid groups (broad SMARTS) is 1. The molecule has 4 N–H and O–H groups in total. The van der Waals surface area contributed by atoms with Crippen LogP contribution in [-0.2, 0) is 9.59 Å². The van der Waals surface area contributed by atoms with E-state index in [2.05, 4.69) is 20.9 Å². The number of nitrogens with zero attached hydrogens (tertiary/aromatic N) is 1. The zero-order chi connectivity index (χ0) is 21.7. The fourth-order valence-corrected chi connectivity index (χ4v) is 3.19.